The Morgan fingerprint density at radius 2 is 2.15 bits per heavy atom. The number of pyridine rings is 1. The Morgan fingerprint density at radius 1 is 1.26 bits per heavy atom. The van der Waals surface area contributed by atoms with Crippen LogP contribution in [0.2, 0.25) is 0 Å². The Balaban J connectivity index is 1.49. The van der Waals surface area contributed by atoms with Gasteiger partial charge in [0.25, 0.3) is 0 Å². The lowest BCUT2D eigenvalue weighted by Gasteiger charge is -2.31. The molecular weight excluding hydrogens is 426 g/mol. The highest BCUT2D eigenvalue weighted by Gasteiger charge is 2.42. The Kier molecular flexibility index (Phi) is 8.14. The molecule has 0 aromatic carbocycles. The smallest absolute Gasteiger partial charge is 0.245 e. The monoisotopic (exact) mass is 463 g/mol. The van der Waals surface area contributed by atoms with E-state index in [4.69, 9.17) is 4.99 Å². The van der Waals surface area contributed by atoms with E-state index >= 15 is 0 Å². The molecule has 1 saturated heterocycles. The first-order chi connectivity index (χ1) is 16.5. The van der Waals surface area contributed by atoms with E-state index in [9.17, 15) is 9.59 Å². The Morgan fingerprint density at radius 3 is 2.82 bits per heavy atom. The van der Waals surface area contributed by atoms with Crippen molar-refractivity contribution in [1.82, 2.24) is 20.1 Å². The van der Waals surface area contributed by atoms with Crippen molar-refractivity contribution in [2.45, 2.75) is 64.5 Å². The first kappa shape index (κ1) is 24.2. The van der Waals surface area contributed by atoms with Crippen LogP contribution in [0.1, 0.15) is 51.5 Å². The molecule has 4 rings (SSSR count). The molecule has 1 fully saturated rings. The molecule has 1 aromatic rings. The van der Waals surface area contributed by atoms with Crippen LogP contribution in [0, 0.1) is 5.92 Å². The Bertz CT molecular complexity index is 953. The molecule has 3 aliphatic rings. The number of hydrogen-bond acceptors (Lipinski definition) is 5. The van der Waals surface area contributed by atoms with Crippen molar-refractivity contribution in [2.24, 2.45) is 10.9 Å². The summed E-state index contributed by atoms with van der Waals surface area (Å²) in [6, 6.07) is 3.56. The van der Waals surface area contributed by atoms with Gasteiger partial charge in [0.1, 0.15) is 11.9 Å². The van der Waals surface area contributed by atoms with E-state index in [1.165, 1.54) is 5.57 Å². The van der Waals surface area contributed by atoms with Crippen molar-refractivity contribution in [3.63, 3.8) is 0 Å². The SMILES string of the molecule is CC(C)C1N=C(Cc2cccnc2)N(CCCN2CCCC2=O)C1C(=O)NCC1=CC=CCC1. The first-order valence-corrected chi connectivity index (χ1v) is 12.6. The van der Waals surface area contributed by atoms with Gasteiger partial charge in [-0.1, -0.05) is 43.7 Å². The summed E-state index contributed by atoms with van der Waals surface area (Å²) < 4.78 is 0. The lowest BCUT2D eigenvalue weighted by atomic mass is 9.96. The summed E-state index contributed by atoms with van der Waals surface area (Å²) in [5.41, 5.74) is 2.34. The molecule has 7 nitrogen and oxygen atoms in total. The molecule has 34 heavy (non-hydrogen) atoms. The van der Waals surface area contributed by atoms with Crippen molar-refractivity contribution >= 4 is 17.6 Å². The number of carbonyl (C=O) groups is 2. The second-order valence-electron chi connectivity index (χ2n) is 9.80. The number of amides is 2. The standard InChI is InChI=1S/C27H37N5O2/c1-20(2)25-26(27(34)29-19-21-9-4-3-5-10-21)32(16-8-15-31-14-7-12-24(31)33)23(30-25)17-22-11-6-13-28-18-22/h3-4,6,9,11,13,18,20,25-26H,5,7-8,10,12,14-17,19H2,1-2H3,(H,29,34). The molecule has 0 bridgehead atoms. The van der Waals surface area contributed by atoms with Gasteiger partial charge >= 0.3 is 0 Å². The zero-order valence-corrected chi connectivity index (χ0v) is 20.4. The molecule has 3 heterocycles. The van der Waals surface area contributed by atoms with Gasteiger partial charge in [-0.25, -0.2) is 0 Å². The summed E-state index contributed by atoms with van der Waals surface area (Å²) in [6.45, 7) is 7.13. The third-order valence-electron chi connectivity index (χ3n) is 6.91. The predicted octanol–water partition coefficient (Wildman–Crippen LogP) is 3.14. The third kappa shape index (κ3) is 5.93. The molecule has 182 valence electrons. The highest BCUT2D eigenvalue weighted by molar-refractivity contribution is 5.94. The van der Waals surface area contributed by atoms with Gasteiger partial charge in [0.15, 0.2) is 0 Å². The van der Waals surface area contributed by atoms with Gasteiger partial charge in [-0.15, -0.1) is 0 Å². The minimum Gasteiger partial charge on any atom is -0.350 e. The molecule has 2 unspecified atom stereocenters. The van der Waals surface area contributed by atoms with Gasteiger partial charge in [-0.2, -0.15) is 0 Å². The summed E-state index contributed by atoms with van der Waals surface area (Å²) >= 11 is 0. The van der Waals surface area contributed by atoms with Crippen LogP contribution >= 0.6 is 0 Å². The minimum absolute atomic E-state index is 0.0383. The lowest BCUT2D eigenvalue weighted by molar-refractivity contribution is -0.128. The van der Waals surface area contributed by atoms with E-state index in [2.05, 4.69) is 53.3 Å². The second kappa shape index (κ2) is 11.4. The molecule has 1 aromatic heterocycles. The van der Waals surface area contributed by atoms with Crippen LogP contribution in [0.15, 0.2) is 53.3 Å². The molecule has 2 amide bonds. The Hall–Kier alpha value is -2.96. The van der Waals surface area contributed by atoms with Crippen molar-refractivity contribution < 1.29 is 9.59 Å². The largest absolute Gasteiger partial charge is 0.350 e. The van der Waals surface area contributed by atoms with Crippen LogP contribution in [0.3, 0.4) is 0 Å². The third-order valence-corrected chi connectivity index (χ3v) is 6.91. The van der Waals surface area contributed by atoms with Gasteiger partial charge in [0, 0.05) is 51.4 Å². The molecule has 2 atom stereocenters. The number of allylic oxidation sites excluding steroid dienone is 3. The maximum atomic E-state index is 13.5. The average Bonchev–Trinajstić information content (AvgIpc) is 3.42. The number of aliphatic imine (C=N–C) groups is 1. The van der Waals surface area contributed by atoms with Gasteiger partial charge in [-0.05, 0) is 43.2 Å². The lowest BCUT2D eigenvalue weighted by Crippen LogP contribution is -2.52. The molecule has 1 N–H and O–H groups in total. The highest BCUT2D eigenvalue weighted by atomic mass is 16.2. The Labute approximate surface area is 203 Å². The number of carbonyl (C=O) groups excluding carboxylic acids is 2. The number of nitrogens with zero attached hydrogens (tertiary/aromatic N) is 4. The van der Waals surface area contributed by atoms with Crippen LogP contribution in [0.4, 0.5) is 0 Å². The van der Waals surface area contributed by atoms with Crippen molar-refractivity contribution in [1.29, 1.82) is 0 Å². The molecule has 1 aliphatic carbocycles. The number of likely N-dealkylation sites (tertiary alicyclic amines) is 1. The minimum atomic E-state index is -0.333. The second-order valence-corrected chi connectivity index (χ2v) is 9.80. The van der Waals surface area contributed by atoms with E-state index in [-0.39, 0.29) is 29.8 Å². The normalized spacial score (nSPS) is 22.4. The molecule has 0 spiro atoms. The number of hydrogen-bond donors (Lipinski definition) is 1. The zero-order valence-electron chi connectivity index (χ0n) is 20.4. The van der Waals surface area contributed by atoms with Crippen LogP contribution in [0.5, 0.6) is 0 Å². The van der Waals surface area contributed by atoms with Gasteiger partial charge in [0.05, 0.1) is 6.04 Å². The summed E-state index contributed by atoms with van der Waals surface area (Å²) in [4.78, 5) is 39.1. The summed E-state index contributed by atoms with van der Waals surface area (Å²) in [7, 11) is 0. The highest BCUT2D eigenvalue weighted by Crippen LogP contribution is 2.26. The van der Waals surface area contributed by atoms with E-state index < -0.39 is 0 Å². The molecular formula is C27H37N5O2. The number of nitrogens with one attached hydrogen (secondary N) is 1. The van der Waals surface area contributed by atoms with E-state index in [1.807, 2.05) is 17.2 Å². The van der Waals surface area contributed by atoms with E-state index in [0.717, 1.165) is 50.2 Å². The molecule has 7 heteroatoms. The van der Waals surface area contributed by atoms with Gasteiger partial charge < -0.3 is 15.1 Å². The predicted molar refractivity (Wildman–Crippen MR) is 134 cm³/mol. The topological polar surface area (TPSA) is 77.9 Å². The summed E-state index contributed by atoms with van der Waals surface area (Å²) in [5, 5.41) is 3.20. The van der Waals surface area contributed by atoms with E-state index in [1.54, 1.807) is 6.20 Å². The fourth-order valence-corrected chi connectivity index (χ4v) is 5.05. The van der Waals surface area contributed by atoms with Crippen LogP contribution in [0.25, 0.3) is 0 Å². The fourth-order valence-electron chi connectivity index (χ4n) is 5.05. The molecule has 0 saturated carbocycles. The van der Waals surface area contributed by atoms with Gasteiger partial charge in [-0.3, -0.25) is 19.6 Å². The van der Waals surface area contributed by atoms with Crippen LogP contribution in [-0.2, 0) is 16.0 Å². The van der Waals surface area contributed by atoms with Crippen molar-refractivity contribution in [2.75, 3.05) is 26.2 Å². The quantitative estimate of drug-likeness (QED) is 0.578. The molecule has 0 radical (unpaired) electrons. The summed E-state index contributed by atoms with van der Waals surface area (Å²) in [5.74, 6) is 1.47. The fraction of sp³-hybridized carbons (Fsp3) is 0.556. The van der Waals surface area contributed by atoms with E-state index in [0.29, 0.717) is 25.9 Å². The maximum absolute atomic E-state index is 13.5. The number of aromatic nitrogens is 1. The zero-order chi connectivity index (χ0) is 23.9. The maximum Gasteiger partial charge on any atom is 0.245 e. The number of rotatable bonds is 10. The number of amidine groups is 1. The van der Waals surface area contributed by atoms with Crippen molar-refractivity contribution in [3.8, 4) is 0 Å². The first-order valence-electron chi connectivity index (χ1n) is 12.6. The molecule has 2 aliphatic heterocycles. The van der Waals surface area contributed by atoms with Crippen molar-refractivity contribution in [3.05, 3.63) is 53.9 Å². The van der Waals surface area contributed by atoms with Crippen LogP contribution < -0.4 is 5.32 Å². The van der Waals surface area contributed by atoms with Gasteiger partial charge in [0.2, 0.25) is 11.8 Å². The summed E-state index contributed by atoms with van der Waals surface area (Å²) in [6.07, 6.45) is 15.1. The van der Waals surface area contributed by atoms with Crippen LogP contribution in [-0.4, -0.2) is 70.7 Å². The average molecular weight is 464 g/mol.